The number of ketones is 1. The fourth-order valence-electron chi connectivity index (χ4n) is 3.31. The molecular weight excluding hydrogens is 376 g/mol. The summed E-state index contributed by atoms with van der Waals surface area (Å²) >= 11 is 0. The molecule has 2 N–H and O–H groups in total. The molecule has 0 spiro atoms. The molecule has 0 bridgehead atoms. The highest BCUT2D eigenvalue weighted by atomic mass is 16.5. The Morgan fingerprint density at radius 2 is 1.86 bits per heavy atom. The van der Waals surface area contributed by atoms with Crippen molar-refractivity contribution in [2.45, 2.75) is 59.3 Å². The number of rotatable bonds is 9. The minimum absolute atomic E-state index is 0.110. The van der Waals surface area contributed by atoms with Crippen molar-refractivity contribution in [1.82, 2.24) is 0 Å². The summed E-state index contributed by atoms with van der Waals surface area (Å²) in [6, 6.07) is 1.29. The van der Waals surface area contributed by atoms with E-state index < -0.39 is 35.5 Å². The van der Waals surface area contributed by atoms with Crippen molar-refractivity contribution in [3.05, 3.63) is 33.2 Å². The maximum Gasteiger partial charge on any atom is 0.336 e. The third-order valence-electron chi connectivity index (χ3n) is 5.22. The second-order valence-electron chi connectivity index (χ2n) is 7.23. The third-order valence-corrected chi connectivity index (χ3v) is 5.22. The number of fused-ring (bicyclic) bond motifs is 1. The smallest absolute Gasteiger partial charge is 0.336 e. The van der Waals surface area contributed by atoms with Crippen molar-refractivity contribution in [3.8, 4) is 11.5 Å². The van der Waals surface area contributed by atoms with E-state index in [1.54, 1.807) is 6.92 Å². The van der Waals surface area contributed by atoms with Gasteiger partial charge in [0.05, 0.1) is 18.9 Å². The van der Waals surface area contributed by atoms with Gasteiger partial charge < -0.3 is 19.4 Å². The first-order valence-electron chi connectivity index (χ1n) is 9.91. The summed E-state index contributed by atoms with van der Waals surface area (Å²) in [6.07, 6.45) is 3.25. The average Bonchev–Trinajstić information content (AvgIpc) is 2.69. The van der Waals surface area contributed by atoms with Gasteiger partial charge in [-0.2, -0.15) is 0 Å². The zero-order valence-corrected chi connectivity index (χ0v) is 17.3. The molecule has 158 valence electrons. The minimum Gasteiger partial charge on any atom is -0.507 e. The molecule has 2 aromatic rings. The first-order chi connectivity index (χ1) is 13.8. The molecule has 1 heterocycles. The van der Waals surface area contributed by atoms with E-state index in [4.69, 9.17) is 4.42 Å². The predicted octanol–water partition coefficient (Wildman–Crippen LogP) is 3.88. The lowest BCUT2D eigenvalue weighted by Crippen LogP contribution is -2.15. The van der Waals surface area contributed by atoms with Crippen LogP contribution in [-0.4, -0.2) is 29.1 Å². The van der Waals surface area contributed by atoms with Gasteiger partial charge in [0.15, 0.2) is 11.4 Å². The van der Waals surface area contributed by atoms with Crippen LogP contribution < -0.4 is 5.63 Å². The normalized spacial score (nSPS) is 12.1. The molecule has 1 aromatic carbocycles. The maximum absolute atomic E-state index is 13.0. The van der Waals surface area contributed by atoms with Gasteiger partial charge in [0, 0.05) is 17.5 Å². The molecule has 7 nitrogen and oxygen atoms in total. The first-order valence-corrected chi connectivity index (χ1v) is 9.91. The lowest BCUT2D eigenvalue weighted by molar-refractivity contribution is -0.139. The number of unbranched alkanes of at least 4 members (excludes halogenated alkanes) is 2. The van der Waals surface area contributed by atoms with Crippen LogP contribution in [0.15, 0.2) is 15.3 Å². The number of esters is 1. The highest BCUT2D eigenvalue weighted by molar-refractivity contribution is 6.12. The standard InChI is InChI=1S/C22H28O7/c1-5-7-8-9-13-10-16(24)29-22-17(13)20(26)14(11-15(23)28-4)21(27)18(22)19(25)12(3)6-2/h10,12,26-27H,5-9,11H2,1-4H3. The summed E-state index contributed by atoms with van der Waals surface area (Å²) in [5.41, 5.74) is -0.576. The molecule has 0 fully saturated rings. The Morgan fingerprint density at radius 3 is 2.45 bits per heavy atom. The van der Waals surface area contributed by atoms with Gasteiger partial charge in [0.2, 0.25) is 0 Å². The highest BCUT2D eigenvalue weighted by Crippen LogP contribution is 2.42. The number of aryl methyl sites for hydroxylation is 1. The van der Waals surface area contributed by atoms with Gasteiger partial charge >= 0.3 is 11.6 Å². The van der Waals surface area contributed by atoms with Crippen molar-refractivity contribution in [2.24, 2.45) is 5.92 Å². The topological polar surface area (TPSA) is 114 Å². The Bertz CT molecular complexity index is 972. The van der Waals surface area contributed by atoms with Crippen LogP contribution in [0.25, 0.3) is 11.0 Å². The molecule has 0 aliphatic carbocycles. The van der Waals surface area contributed by atoms with Crippen LogP contribution in [0.4, 0.5) is 0 Å². The van der Waals surface area contributed by atoms with E-state index in [1.807, 2.05) is 13.8 Å². The maximum atomic E-state index is 13.0. The van der Waals surface area contributed by atoms with Crippen molar-refractivity contribution in [2.75, 3.05) is 7.11 Å². The monoisotopic (exact) mass is 404 g/mol. The van der Waals surface area contributed by atoms with Gasteiger partial charge in [-0.1, -0.05) is 33.6 Å². The fourth-order valence-corrected chi connectivity index (χ4v) is 3.31. The Hall–Kier alpha value is -2.83. The van der Waals surface area contributed by atoms with E-state index >= 15 is 0 Å². The van der Waals surface area contributed by atoms with Crippen molar-refractivity contribution >= 4 is 22.7 Å². The minimum atomic E-state index is -0.679. The molecule has 0 radical (unpaired) electrons. The molecule has 0 saturated heterocycles. The SMILES string of the molecule is CCCCCc1cc(=O)oc2c(C(=O)C(C)CC)c(O)c(CC(=O)OC)c(O)c12. The number of benzene rings is 1. The lowest BCUT2D eigenvalue weighted by atomic mass is 9.89. The number of ether oxygens (including phenoxy) is 1. The third kappa shape index (κ3) is 4.60. The van der Waals surface area contributed by atoms with Crippen LogP contribution in [-0.2, 0) is 22.4 Å². The molecule has 7 heteroatoms. The number of methoxy groups -OCH3 is 1. The number of carbonyl (C=O) groups excluding carboxylic acids is 2. The van der Waals surface area contributed by atoms with Crippen molar-refractivity contribution in [3.63, 3.8) is 0 Å². The summed E-state index contributed by atoms with van der Waals surface area (Å²) in [4.78, 5) is 37.0. The number of aromatic hydroxyl groups is 2. The summed E-state index contributed by atoms with van der Waals surface area (Å²) in [6.45, 7) is 5.57. The Labute approximate surface area is 169 Å². The zero-order chi connectivity index (χ0) is 21.7. The lowest BCUT2D eigenvalue weighted by Gasteiger charge is -2.17. The van der Waals surface area contributed by atoms with Gasteiger partial charge in [0.25, 0.3) is 0 Å². The molecule has 0 aliphatic heterocycles. The van der Waals surface area contributed by atoms with Gasteiger partial charge in [0.1, 0.15) is 17.1 Å². The largest absolute Gasteiger partial charge is 0.507 e. The van der Waals surface area contributed by atoms with Gasteiger partial charge in [-0.3, -0.25) is 9.59 Å². The number of Topliss-reactive ketones (excluding diaryl/α,β-unsaturated/α-hetero) is 1. The van der Waals surface area contributed by atoms with Crippen molar-refractivity contribution < 1.29 is 29.0 Å². The number of carbonyl (C=O) groups is 2. The second kappa shape index (κ2) is 9.58. The molecular formula is C22H28O7. The van der Waals surface area contributed by atoms with E-state index in [0.717, 1.165) is 19.3 Å². The molecule has 0 saturated carbocycles. The molecule has 2 rings (SSSR count). The van der Waals surface area contributed by atoms with E-state index in [0.29, 0.717) is 18.4 Å². The molecule has 1 aromatic heterocycles. The summed E-state index contributed by atoms with van der Waals surface area (Å²) in [5.74, 6) is -2.48. The second-order valence-corrected chi connectivity index (χ2v) is 7.23. The summed E-state index contributed by atoms with van der Waals surface area (Å²) < 4.78 is 9.95. The van der Waals surface area contributed by atoms with Crippen LogP contribution in [0.3, 0.4) is 0 Å². The zero-order valence-electron chi connectivity index (χ0n) is 17.3. The van der Waals surface area contributed by atoms with E-state index in [9.17, 15) is 24.6 Å². The van der Waals surface area contributed by atoms with Crippen LogP contribution in [0.1, 0.15) is 67.9 Å². The average molecular weight is 404 g/mol. The molecule has 1 atom stereocenters. The number of hydrogen-bond donors (Lipinski definition) is 2. The number of phenolic OH excluding ortho intramolecular Hbond substituents is 2. The van der Waals surface area contributed by atoms with Gasteiger partial charge in [-0.25, -0.2) is 4.79 Å². The van der Waals surface area contributed by atoms with Crippen molar-refractivity contribution in [1.29, 1.82) is 0 Å². The van der Waals surface area contributed by atoms with E-state index in [1.165, 1.54) is 13.2 Å². The molecule has 0 aliphatic rings. The fraction of sp³-hybridized carbons (Fsp3) is 0.500. The summed E-state index contributed by atoms with van der Waals surface area (Å²) in [5, 5.41) is 21.8. The number of hydrogen-bond acceptors (Lipinski definition) is 7. The van der Waals surface area contributed by atoms with Crippen LogP contribution in [0.5, 0.6) is 11.5 Å². The first kappa shape index (κ1) is 22.5. The quantitative estimate of drug-likeness (QED) is 0.282. The number of phenols is 2. The van der Waals surface area contributed by atoms with E-state index in [2.05, 4.69) is 4.74 Å². The highest BCUT2D eigenvalue weighted by Gasteiger charge is 2.30. The Kier molecular flexibility index (Phi) is 7.42. The van der Waals surface area contributed by atoms with Gasteiger partial charge in [-0.15, -0.1) is 0 Å². The Morgan fingerprint density at radius 1 is 1.17 bits per heavy atom. The Balaban J connectivity index is 2.89. The van der Waals surface area contributed by atoms with Crippen LogP contribution >= 0.6 is 0 Å². The molecule has 0 amide bonds. The van der Waals surface area contributed by atoms with Crippen LogP contribution in [0.2, 0.25) is 0 Å². The molecule has 1 unspecified atom stereocenters. The van der Waals surface area contributed by atoms with Crippen LogP contribution in [0, 0.1) is 5.92 Å². The summed E-state index contributed by atoms with van der Waals surface area (Å²) in [7, 11) is 1.19. The molecule has 29 heavy (non-hydrogen) atoms. The van der Waals surface area contributed by atoms with Gasteiger partial charge in [-0.05, 0) is 24.8 Å². The van der Waals surface area contributed by atoms with E-state index in [-0.39, 0.29) is 27.8 Å². The predicted molar refractivity (Wildman–Crippen MR) is 109 cm³/mol.